The molecule has 0 saturated heterocycles. The van der Waals surface area contributed by atoms with Crippen LogP contribution < -0.4 is 17.2 Å². The van der Waals surface area contributed by atoms with Crippen molar-refractivity contribution < 1.29 is 0 Å². The van der Waals surface area contributed by atoms with Crippen molar-refractivity contribution in [1.29, 1.82) is 5.26 Å². The molecule has 4 heteroatoms. The van der Waals surface area contributed by atoms with Gasteiger partial charge in [-0.1, -0.05) is 42.5 Å². The molecule has 0 bridgehead atoms. The van der Waals surface area contributed by atoms with Gasteiger partial charge in [-0.2, -0.15) is 5.26 Å². The number of rotatable bonds is 1. The summed E-state index contributed by atoms with van der Waals surface area (Å²) in [4.78, 5) is 0. The van der Waals surface area contributed by atoms with Crippen molar-refractivity contribution >= 4 is 0 Å². The number of nitriles is 1. The molecule has 0 aromatic heterocycles. The molecule has 0 unspecified atom stereocenters. The van der Waals surface area contributed by atoms with Crippen LogP contribution in [0.5, 0.6) is 0 Å². The normalized spacial score (nSPS) is 11.0. The number of hydrogen-bond donors (Lipinski definition) is 3. The van der Waals surface area contributed by atoms with Crippen LogP contribution in [0.25, 0.3) is 0 Å². The van der Waals surface area contributed by atoms with Crippen molar-refractivity contribution in [2.75, 3.05) is 21.1 Å². The highest BCUT2D eigenvalue weighted by Crippen LogP contribution is 2.25. The summed E-state index contributed by atoms with van der Waals surface area (Å²) in [6.07, 6.45) is 8.21. The zero-order valence-electron chi connectivity index (χ0n) is 11.9. The number of hydrogen-bond acceptors (Lipinski definition) is 4. The molecule has 2 rings (SSSR count). The molecular formula is C15H24N4. The maximum absolute atomic E-state index is 8.88. The van der Waals surface area contributed by atoms with E-state index in [1.165, 1.54) is 21.1 Å². The average Bonchev–Trinajstić information content (AvgIpc) is 3.07. The van der Waals surface area contributed by atoms with Gasteiger partial charge in [0.05, 0.1) is 11.6 Å². The van der Waals surface area contributed by atoms with Gasteiger partial charge in [-0.15, -0.1) is 0 Å². The fourth-order valence-corrected chi connectivity index (χ4v) is 1.53. The lowest BCUT2D eigenvalue weighted by Gasteiger charge is -2.06. The van der Waals surface area contributed by atoms with E-state index in [9.17, 15) is 0 Å². The third-order valence-corrected chi connectivity index (χ3v) is 2.19. The van der Waals surface area contributed by atoms with Crippen LogP contribution >= 0.6 is 0 Å². The van der Waals surface area contributed by atoms with Gasteiger partial charge in [0.25, 0.3) is 0 Å². The van der Waals surface area contributed by atoms with Crippen LogP contribution in [-0.4, -0.2) is 21.1 Å². The van der Waals surface area contributed by atoms with E-state index < -0.39 is 0 Å². The van der Waals surface area contributed by atoms with Gasteiger partial charge >= 0.3 is 0 Å². The molecule has 1 aliphatic rings. The SMILES string of the molecule is CN.CN.CN.N#Cc1ccccc1C1C=CC=C1. The highest BCUT2D eigenvalue weighted by atomic mass is 14.4. The van der Waals surface area contributed by atoms with Crippen LogP contribution in [0.2, 0.25) is 0 Å². The summed E-state index contributed by atoms with van der Waals surface area (Å²) in [6, 6.07) is 9.93. The Labute approximate surface area is 116 Å². The van der Waals surface area contributed by atoms with Crippen LogP contribution in [0.1, 0.15) is 17.0 Å². The van der Waals surface area contributed by atoms with Crippen molar-refractivity contribution in [1.82, 2.24) is 0 Å². The molecule has 1 aliphatic carbocycles. The van der Waals surface area contributed by atoms with E-state index in [-0.39, 0.29) is 5.92 Å². The largest absolute Gasteiger partial charge is 0.333 e. The van der Waals surface area contributed by atoms with Crippen molar-refractivity contribution in [3.63, 3.8) is 0 Å². The maximum Gasteiger partial charge on any atom is 0.0994 e. The molecule has 0 atom stereocenters. The minimum Gasteiger partial charge on any atom is -0.333 e. The Balaban J connectivity index is 0. The first kappa shape index (κ1) is 19.4. The lowest BCUT2D eigenvalue weighted by Crippen LogP contribution is -1.92. The number of benzene rings is 1. The minimum atomic E-state index is 0.288. The van der Waals surface area contributed by atoms with Crippen molar-refractivity contribution in [3.05, 3.63) is 59.7 Å². The molecule has 4 nitrogen and oxygen atoms in total. The highest BCUT2D eigenvalue weighted by molar-refractivity contribution is 5.45. The predicted octanol–water partition coefficient (Wildman–Crippen LogP) is 1.49. The van der Waals surface area contributed by atoms with E-state index in [0.717, 1.165) is 11.1 Å². The Hall–Kier alpha value is -1.93. The first-order valence-electron chi connectivity index (χ1n) is 5.99. The van der Waals surface area contributed by atoms with Crippen molar-refractivity contribution in [2.45, 2.75) is 5.92 Å². The van der Waals surface area contributed by atoms with E-state index in [2.05, 4.69) is 35.4 Å². The minimum absolute atomic E-state index is 0.288. The Morgan fingerprint density at radius 1 is 0.895 bits per heavy atom. The molecule has 0 saturated carbocycles. The zero-order valence-corrected chi connectivity index (χ0v) is 11.9. The van der Waals surface area contributed by atoms with Crippen molar-refractivity contribution in [2.24, 2.45) is 17.2 Å². The Morgan fingerprint density at radius 2 is 1.37 bits per heavy atom. The van der Waals surface area contributed by atoms with Crippen LogP contribution in [0.3, 0.4) is 0 Å². The van der Waals surface area contributed by atoms with Crippen LogP contribution in [0.4, 0.5) is 0 Å². The molecule has 19 heavy (non-hydrogen) atoms. The van der Waals surface area contributed by atoms with E-state index in [1.54, 1.807) is 0 Å². The molecule has 0 radical (unpaired) electrons. The summed E-state index contributed by atoms with van der Waals surface area (Å²) in [6.45, 7) is 0. The Bertz CT molecular complexity index is 404. The monoisotopic (exact) mass is 260 g/mol. The summed E-state index contributed by atoms with van der Waals surface area (Å²) in [5.41, 5.74) is 15.4. The Kier molecular flexibility index (Phi) is 14.4. The van der Waals surface area contributed by atoms with Crippen LogP contribution in [-0.2, 0) is 0 Å². The maximum atomic E-state index is 8.88. The second-order valence-electron chi connectivity index (χ2n) is 2.99. The predicted molar refractivity (Wildman–Crippen MR) is 82.5 cm³/mol. The lowest BCUT2D eigenvalue weighted by atomic mass is 9.96. The van der Waals surface area contributed by atoms with E-state index >= 15 is 0 Å². The second kappa shape index (κ2) is 14.1. The van der Waals surface area contributed by atoms with E-state index in [0.29, 0.717) is 0 Å². The molecule has 1 aromatic carbocycles. The fourth-order valence-electron chi connectivity index (χ4n) is 1.53. The molecular weight excluding hydrogens is 236 g/mol. The molecule has 0 aliphatic heterocycles. The van der Waals surface area contributed by atoms with Gasteiger partial charge < -0.3 is 17.2 Å². The molecule has 0 amide bonds. The van der Waals surface area contributed by atoms with Crippen LogP contribution in [0, 0.1) is 11.3 Å². The third kappa shape index (κ3) is 6.53. The molecule has 0 heterocycles. The van der Waals surface area contributed by atoms with E-state index in [4.69, 9.17) is 5.26 Å². The lowest BCUT2D eigenvalue weighted by molar-refractivity contribution is 1.09. The average molecular weight is 260 g/mol. The first-order valence-corrected chi connectivity index (χ1v) is 5.99. The summed E-state index contributed by atoms with van der Waals surface area (Å²) in [5.74, 6) is 0.288. The van der Waals surface area contributed by atoms with Gasteiger partial charge in [-0.25, -0.2) is 0 Å². The molecule has 0 fully saturated rings. The number of nitrogens with two attached hydrogens (primary N) is 3. The first-order chi connectivity index (χ1) is 9.42. The summed E-state index contributed by atoms with van der Waals surface area (Å²) in [7, 11) is 4.50. The third-order valence-electron chi connectivity index (χ3n) is 2.19. The summed E-state index contributed by atoms with van der Waals surface area (Å²) >= 11 is 0. The Morgan fingerprint density at radius 3 is 1.84 bits per heavy atom. The van der Waals surface area contributed by atoms with Gasteiger partial charge in [0.2, 0.25) is 0 Å². The van der Waals surface area contributed by atoms with Gasteiger partial charge in [0.1, 0.15) is 0 Å². The summed E-state index contributed by atoms with van der Waals surface area (Å²) < 4.78 is 0. The van der Waals surface area contributed by atoms with E-state index in [1.807, 2.05) is 36.4 Å². The smallest absolute Gasteiger partial charge is 0.0994 e. The molecule has 6 N–H and O–H groups in total. The topological polar surface area (TPSA) is 102 Å². The van der Waals surface area contributed by atoms with Crippen LogP contribution in [0.15, 0.2) is 48.6 Å². The highest BCUT2D eigenvalue weighted by Gasteiger charge is 2.10. The summed E-state index contributed by atoms with van der Waals surface area (Å²) in [5, 5.41) is 8.88. The van der Waals surface area contributed by atoms with Gasteiger partial charge in [0.15, 0.2) is 0 Å². The molecule has 104 valence electrons. The van der Waals surface area contributed by atoms with Gasteiger partial charge in [0, 0.05) is 5.92 Å². The van der Waals surface area contributed by atoms with Gasteiger partial charge in [-0.3, -0.25) is 0 Å². The van der Waals surface area contributed by atoms with Crippen molar-refractivity contribution in [3.8, 4) is 6.07 Å². The quantitative estimate of drug-likeness (QED) is 0.712. The molecule has 1 aromatic rings. The zero-order chi connectivity index (χ0) is 15.1. The molecule has 0 spiro atoms. The second-order valence-corrected chi connectivity index (χ2v) is 2.99. The fraction of sp³-hybridized carbons (Fsp3) is 0.267. The number of nitrogens with zero attached hydrogens (tertiary/aromatic N) is 1. The standard InChI is InChI=1S/C12H9N.3CH5N/c13-9-11-7-3-4-8-12(11)10-5-1-2-6-10;3*1-2/h1-8,10H;3*2H2,1H3. The van der Waals surface area contributed by atoms with Gasteiger partial charge in [-0.05, 0) is 32.8 Å². The number of allylic oxidation sites excluding steroid dienone is 4.